The topological polar surface area (TPSA) is 63.7 Å². The number of rotatable bonds is 8. The molecule has 0 aliphatic carbocycles. The lowest BCUT2D eigenvalue weighted by molar-refractivity contribution is -0.168. The Balaban J connectivity index is 2.30. The quantitative estimate of drug-likeness (QED) is 0.466. The van der Waals surface area contributed by atoms with Gasteiger partial charge in [0.25, 0.3) is 0 Å². The van der Waals surface area contributed by atoms with Crippen LogP contribution >= 0.6 is 11.6 Å². The Bertz CT molecular complexity index is 847. The summed E-state index contributed by atoms with van der Waals surface area (Å²) in [6.07, 6.45) is 0.703. The molecule has 0 radical (unpaired) electrons. The van der Waals surface area contributed by atoms with Gasteiger partial charge in [0.05, 0.1) is 0 Å². The molecular formula is C24H28ClNO4. The maximum Gasteiger partial charge on any atom is 0.330 e. The molecule has 0 heterocycles. The van der Waals surface area contributed by atoms with E-state index in [-0.39, 0.29) is 12.8 Å². The number of imide groups is 1. The van der Waals surface area contributed by atoms with Crippen LogP contribution in [0.2, 0.25) is 0 Å². The first kappa shape index (κ1) is 23.6. The van der Waals surface area contributed by atoms with Crippen molar-refractivity contribution < 1.29 is 19.1 Å². The van der Waals surface area contributed by atoms with E-state index in [4.69, 9.17) is 16.3 Å². The summed E-state index contributed by atoms with van der Waals surface area (Å²) in [5.74, 6) is -2.08. The van der Waals surface area contributed by atoms with Crippen molar-refractivity contribution in [3.63, 3.8) is 0 Å². The predicted octanol–water partition coefficient (Wildman–Crippen LogP) is 4.17. The highest BCUT2D eigenvalue weighted by Gasteiger charge is 2.36. The Morgan fingerprint density at radius 1 is 0.900 bits per heavy atom. The van der Waals surface area contributed by atoms with Crippen molar-refractivity contribution in [2.75, 3.05) is 5.88 Å². The van der Waals surface area contributed by atoms with E-state index in [9.17, 15) is 14.4 Å². The molecule has 0 bridgehead atoms. The zero-order valence-corrected chi connectivity index (χ0v) is 18.4. The molecule has 0 saturated heterocycles. The normalized spacial score (nSPS) is 12.1. The van der Waals surface area contributed by atoms with Crippen molar-refractivity contribution in [2.24, 2.45) is 0 Å². The van der Waals surface area contributed by atoms with E-state index < -0.39 is 35.3 Å². The van der Waals surface area contributed by atoms with E-state index in [0.717, 1.165) is 16.0 Å². The molecule has 2 aromatic carbocycles. The molecule has 0 aliphatic rings. The number of amides is 2. The number of benzene rings is 2. The van der Waals surface area contributed by atoms with Crippen molar-refractivity contribution in [1.82, 2.24) is 4.90 Å². The van der Waals surface area contributed by atoms with Crippen LogP contribution in [0.3, 0.4) is 0 Å². The summed E-state index contributed by atoms with van der Waals surface area (Å²) in [7, 11) is 0. The van der Waals surface area contributed by atoms with Gasteiger partial charge in [0.15, 0.2) is 0 Å². The summed E-state index contributed by atoms with van der Waals surface area (Å²) in [5.41, 5.74) is 1.03. The molecule has 1 atom stereocenters. The fourth-order valence-electron chi connectivity index (χ4n) is 3.05. The van der Waals surface area contributed by atoms with Gasteiger partial charge in [-0.1, -0.05) is 60.7 Å². The van der Waals surface area contributed by atoms with Gasteiger partial charge >= 0.3 is 5.97 Å². The van der Waals surface area contributed by atoms with E-state index >= 15 is 0 Å². The van der Waals surface area contributed by atoms with Crippen LogP contribution in [0.4, 0.5) is 0 Å². The van der Waals surface area contributed by atoms with E-state index in [0.29, 0.717) is 6.42 Å². The molecule has 30 heavy (non-hydrogen) atoms. The lowest BCUT2D eigenvalue weighted by Crippen LogP contribution is -2.52. The van der Waals surface area contributed by atoms with Crippen LogP contribution in [0.15, 0.2) is 60.7 Å². The third-order valence-electron chi connectivity index (χ3n) is 4.38. The number of alkyl halides is 1. The van der Waals surface area contributed by atoms with Crippen LogP contribution < -0.4 is 0 Å². The number of halogens is 1. The smallest absolute Gasteiger partial charge is 0.330 e. The van der Waals surface area contributed by atoms with Crippen molar-refractivity contribution in [3.05, 3.63) is 71.8 Å². The van der Waals surface area contributed by atoms with Crippen molar-refractivity contribution >= 4 is 29.4 Å². The largest absolute Gasteiger partial charge is 0.458 e. The summed E-state index contributed by atoms with van der Waals surface area (Å²) in [6.45, 7) is 5.24. The molecule has 0 fully saturated rings. The first-order valence-corrected chi connectivity index (χ1v) is 10.5. The Morgan fingerprint density at radius 2 is 1.43 bits per heavy atom. The summed E-state index contributed by atoms with van der Waals surface area (Å²) < 4.78 is 5.53. The lowest BCUT2D eigenvalue weighted by atomic mass is 10.0. The van der Waals surface area contributed by atoms with E-state index in [1.807, 2.05) is 60.7 Å². The Morgan fingerprint density at radius 3 is 1.93 bits per heavy atom. The fourth-order valence-corrected chi connectivity index (χ4v) is 3.18. The number of hydrogen-bond donors (Lipinski definition) is 0. The molecule has 2 amide bonds. The molecule has 0 N–H and O–H groups in total. The highest BCUT2D eigenvalue weighted by molar-refractivity contribution is 6.28. The Kier molecular flexibility index (Phi) is 8.60. The van der Waals surface area contributed by atoms with Gasteiger partial charge in [-0.15, -0.1) is 11.6 Å². The van der Waals surface area contributed by atoms with Gasteiger partial charge in [0.1, 0.15) is 17.5 Å². The fraction of sp³-hybridized carbons (Fsp3) is 0.375. The van der Waals surface area contributed by atoms with Crippen LogP contribution in [0.5, 0.6) is 0 Å². The maximum atomic E-state index is 13.1. The van der Waals surface area contributed by atoms with Crippen molar-refractivity contribution in [1.29, 1.82) is 0 Å². The molecule has 0 aromatic heterocycles. The molecule has 0 saturated carbocycles. The second kappa shape index (κ2) is 10.9. The van der Waals surface area contributed by atoms with Gasteiger partial charge in [0.2, 0.25) is 11.8 Å². The van der Waals surface area contributed by atoms with E-state index in [1.54, 1.807) is 20.8 Å². The third kappa shape index (κ3) is 7.30. The van der Waals surface area contributed by atoms with E-state index in [1.165, 1.54) is 0 Å². The highest BCUT2D eigenvalue weighted by Crippen LogP contribution is 2.18. The lowest BCUT2D eigenvalue weighted by Gasteiger charge is -2.31. The Labute approximate surface area is 183 Å². The van der Waals surface area contributed by atoms with Gasteiger partial charge < -0.3 is 4.74 Å². The molecular weight excluding hydrogens is 402 g/mol. The molecule has 0 spiro atoms. The van der Waals surface area contributed by atoms with Gasteiger partial charge in [0, 0.05) is 12.8 Å². The monoisotopic (exact) mass is 429 g/mol. The SMILES string of the molecule is CC(C)(C)OC(=O)[C@H](Cc1ccccc1)N(C(=O)CCl)C(=O)CCc1ccccc1. The minimum Gasteiger partial charge on any atom is -0.458 e. The summed E-state index contributed by atoms with van der Waals surface area (Å²) in [4.78, 5) is 39.7. The average molecular weight is 430 g/mol. The number of esters is 1. The van der Waals surface area contributed by atoms with E-state index in [2.05, 4.69) is 0 Å². The number of carbonyl (C=O) groups is 3. The average Bonchev–Trinajstić information content (AvgIpc) is 2.71. The number of ether oxygens (including phenoxy) is 1. The molecule has 5 nitrogen and oxygen atoms in total. The Hall–Kier alpha value is -2.66. The molecule has 2 aromatic rings. The standard InChI is InChI=1S/C24H28ClNO4/c1-24(2,3)30-23(29)20(16-19-12-8-5-9-13-19)26(22(28)17-25)21(27)15-14-18-10-6-4-7-11-18/h4-13,20H,14-17H2,1-3H3/t20-/m0/s1. The maximum absolute atomic E-state index is 13.1. The first-order valence-electron chi connectivity index (χ1n) is 9.93. The number of aryl methyl sites for hydroxylation is 1. The van der Waals surface area contributed by atoms with Crippen LogP contribution in [-0.2, 0) is 32.0 Å². The van der Waals surface area contributed by atoms with Crippen molar-refractivity contribution in [2.45, 2.75) is 51.7 Å². The molecule has 6 heteroatoms. The second-order valence-electron chi connectivity index (χ2n) is 8.02. The first-order chi connectivity index (χ1) is 14.2. The molecule has 2 rings (SSSR count). The minimum absolute atomic E-state index is 0.0841. The zero-order valence-electron chi connectivity index (χ0n) is 17.6. The number of carbonyl (C=O) groups excluding carboxylic acids is 3. The van der Waals surface area contributed by atoms with Crippen LogP contribution in [-0.4, -0.2) is 40.2 Å². The van der Waals surface area contributed by atoms with Gasteiger partial charge in [-0.05, 0) is 38.3 Å². The molecule has 0 aliphatic heterocycles. The van der Waals surface area contributed by atoms with Gasteiger partial charge in [-0.25, -0.2) is 4.79 Å². The summed E-state index contributed by atoms with van der Waals surface area (Å²) >= 11 is 5.80. The predicted molar refractivity (Wildman–Crippen MR) is 117 cm³/mol. The summed E-state index contributed by atoms with van der Waals surface area (Å²) in [5, 5.41) is 0. The zero-order chi connectivity index (χ0) is 22.1. The third-order valence-corrected chi connectivity index (χ3v) is 4.61. The van der Waals surface area contributed by atoms with Crippen LogP contribution in [0.1, 0.15) is 38.3 Å². The highest BCUT2D eigenvalue weighted by atomic mass is 35.5. The second-order valence-corrected chi connectivity index (χ2v) is 8.28. The number of nitrogens with zero attached hydrogens (tertiary/aromatic N) is 1. The van der Waals surface area contributed by atoms with Gasteiger partial charge in [-0.2, -0.15) is 0 Å². The number of hydrogen-bond acceptors (Lipinski definition) is 4. The van der Waals surface area contributed by atoms with Crippen LogP contribution in [0, 0.1) is 0 Å². The summed E-state index contributed by atoms with van der Waals surface area (Å²) in [6, 6.07) is 17.6. The minimum atomic E-state index is -1.08. The van der Waals surface area contributed by atoms with Crippen molar-refractivity contribution in [3.8, 4) is 0 Å². The molecule has 160 valence electrons. The molecule has 0 unspecified atom stereocenters. The van der Waals surface area contributed by atoms with Crippen LogP contribution in [0.25, 0.3) is 0 Å². The van der Waals surface area contributed by atoms with Gasteiger partial charge in [-0.3, -0.25) is 14.5 Å².